The van der Waals surface area contributed by atoms with Crippen LogP contribution in [0.3, 0.4) is 0 Å². The number of carbonyl (C=O) groups is 1. The summed E-state index contributed by atoms with van der Waals surface area (Å²) in [6.07, 6.45) is 3.99. The van der Waals surface area contributed by atoms with Crippen LogP contribution in [0.4, 0.5) is 4.79 Å². The van der Waals surface area contributed by atoms with Crippen LogP contribution < -0.4 is 10.6 Å². The Labute approximate surface area is 140 Å². The molecule has 6 heteroatoms. The van der Waals surface area contributed by atoms with E-state index in [-0.39, 0.29) is 6.03 Å². The van der Waals surface area contributed by atoms with Gasteiger partial charge in [-0.25, -0.2) is 4.79 Å². The second-order valence-electron chi connectivity index (χ2n) is 5.97. The minimum absolute atomic E-state index is 0.128. The van der Waals surface area contributed by atoms with Crippen molar-refractivity contribution in [2.45, 2.75) is 25.9 Å². The fourth-order valence-corrected chi connectivity index (χ4v) is 3.71. The Kier molecular flexibility index (Phi) is 5.71. The maximum Gasteiger partial charge on any atom is 0.315 e. The predicted octanol–water partition coefficient (Wildman–Crippen LogP) is 3.05. The van der Waals surface area contributed by atoms with Crippen LogP contribution in [-0.2, 0) is 13.1 Å². The molecule has 1 aliphatic rings. The Morgan fingerprint density at radius 3 is 3.09 bits per heavy atom. The highest BCUT2D eigenvalue weighted by Crippen LogP contribution is 2.19. The Bertz CT molecular complexity index is 583. The van der Waals surface area contributed by atoms with Crippen LogP contribution in [0, 0.1) is 5.92 Å². The van der Waals surface area contributed by atoms with Crippen molar-refractivity contribution in [3.05, 3.63) is 46.5 Å². The van der Waals surface area contributed by atoms with E-state index < -0.39 is 0 Å². The number of piperidine rings is 1. The van der Waals surface area contributed by atoms with Crippen molar-refractivity contribution in [1.82, 2.24) is 15.5 Å². The highest BCUT2D eigenvalue weighted by Gasteiger charge is 2.20. The minimum Gasteiger partial charge on any atom is -0.467 e. The second kappa shape index (κ2) is 8.17. The zero-order valence-electron chi connectivity index (χ0n) is 13.2. The van der Waals surface area contributed by atoms with Gasteiger partial charge in [-0.2, -0.15) is 0 Å². The molecule has 0 radical (unpaired) electrons. The molecule has 0 aliphatic carbocycles. The Hall–Kier alpha value is -1.79. The molecular formula is C17H23N3O2S. The quantitative estimate of drug-likeness (QED) is 0.854. The average molecular weight is 333 g/mol. The van der Waals surface area contributed by atoms with Gasteiger partial charge < -0.3 is 15.1 Å². The Balaban J connectivity index is 1.36. The summed E-state index contributed by atoms with van der Waals surface area (Å²) >= 11 is 1.81. The van der Waals surface area contributed by atoms with Crippen LogP contribution in [0.2, 0.25) is 0 Å². The van der Waals surface area contributed by atoms with E-state index in [0.29, 0.717) is 12.5 Å². The molecule has 5 nitrogen and oxygen atoms in total. The van der Waals surface area contributed by atoms with Gasteiger partial charge in [0.1, 0.15) is 5.76 Å². The van der Waals surface area contributed by atoms with E-state index in [4.69, 9.17) is 4.42 Å². The van der Waals surface area contributed by atoms with Gasteiger partial charge in [0.2, 0.25) is 0 Å². The molecule has 1 atom stereocenters. The fourth-order valence-electron chi connectivity index (χ4n) is 2.96. The van der Waals surface area contributed by atoms with E-state index in [0.717, 1.165) is 31.9 Å². The zero-order chi connectivity index (χ0) is 15.9. The smallest absolute Gasteiger partial charge is 0.315 e. The molecule has 0 aromatic carbocycles. The first-order valence-electron chi connectivity index (χ1n) is 8.08. The number of thiophene rings is 1. The molecule has 0 saturated carbocycles. The fraction of sp³-hybridized carbons (Fsp3) is 0.471. The largest absolute Gasteiger partial charge is 0.467 e. The molecule has 124 valence electrons. The topological polar surface area (TPSA) is 57.5 Å². The maximum atomic E-state index is 11.8. The summed E-state index contributed by atoms with van der Waals surface area (Å²) in [7, 11) is 0. The highest BCUT2D eigenvalue weighted by molar-refractivity contribution is 7.09. The summed E-state index contributed by atoms with van der Waals surface area (Å²) in [6.45, 7) is 4.38. The lowest BCUT2D eigenvalue weighted by Crippen LogP contribution is -2.43. The second-order valence-corrected chi connectivity index (χ2v) is 7.00. The number of nitrogens with zero attached hydrogens (tertiary/aromatic N) is 1. The maximum absolute atomic E-state index is 11.8. The summed E-state index contributed by atoms with van der Waals surface area (Å²) in [6, 6.07) is 7.83. The highest BCUT2D eigenvalue weighted by atomic mass is 32.1. The number of hydrogen-bond donors (Lipinski definition) is 2. The Morgan fingerprint density at radius 1 is 1.35 bits per heavy atom. The lowest BCUT2D eigenvalue weighted by atomic mass is 9.98. The van der Waals surface area contributed by atoms with Crippen molar-refractivity contribution in [2.75, 3.05) is 19.6 Å². The van der Waals surface area contributed by atoms with Gasteiger partial charge in [0.25, 0.3) is 0 Å². The third kappa shape index (κ3) is 5.11. The van der Waals surface area contributed by atoms with E-state index in [1.165, 1.54) is 17.7 Å². The van der Waals surface area contributed by atoms with E-state index >= 15 is 0 Å². The van der Waals surface area contributed by atoms with Crippen molar-refractivity contribution in [1.29, 1.82) is 0 Å². The van der Waals surface area contributed by atoms with E-state index in [9.17, 15) is 4.79 Å². The van der Waals surface area contributed by atoms with Gasteiger partial charge in [0.05, 0.1) is 12.8 Å². The predicted molar refractivity (Wildman–Crippen MR) is 91.3 cm³/mol. The summed E-state index contributed by atoms with van der Waals surface area (Å²) in [5.74, 6) is 1.29. The summed E-state index contributed by atoms with van der Waals surface area (Å²) in [4.78, 5) is 15.7. The van der Waals surface area contributed by atoms with Gasteiger partial charge in [-0.3, -0.25) is 4.90 Å². The SMILES string of the molecule is O=C(NCc1ccco1)NCC1CCCN(Cc2cccs2)C1. The number of rotatable bonds is 6. The standard InChI is InChI=1S/C17H23N3O2S/c21-17(19-11-15-5-2-8-22-15)18-10-14-4-1-7-20(12-14)13-16-6-3-9-23-16/h2-3,5-6,8-9,14H,1,4,7,10-13H2,(H2,18,19,21). The van der Waals surface area contributed by atoms with Crippen molar-refractivity contribution in [3.8, 4) is 0 Å². The zero-order valence-corrected chi connectivity index (χ0v) is 14.0. The summed E-state index contributed by atoms with van der Waals surface area (Å²) in [5, 5.41) is 7.92. The van der Waals surface area contributed by atoms with Crippen LogP contribution in [-0.4, -0.2) is 30.6 Å². The number of furan rings is 1. The number of amides is 2. The van der Waals surface area contributed by atoms with Crippen LogP contribution >= 0.6 is 11.3 Å². The third-order valence-corrected chi connectivity index (χ3v) is 4.98. The number of hydrogen-bond acceptors (Lipinski definition) is 4. The van der Waals surface area contributed by atoms with Crippen LogP contribution in [0.15, 0.2) is 40.3 Å². The van der Waals surface area contributed by atoms with Crippen molar-refractivity contribution in [2.24, 2.45) is 5.92 Å². The van der Waals surface area contributed by atoms with Gasteiger partial charge in [-0.15, -0.1) is 11.3 Å². The van der Waals surface area contributed by atoms with Gasteiger partial charge in [0, 0.05) is 24.5 Å². The first kappa shape index (κ1) is 16.1. The summed E-state index contributed by atoms with van der Waals surface area (Å²) in [5.41, 5.74) is 0. The van der Waals surface area contributed by atoms with Crippen molar-refractivity contribution < 1.29 is 9.21 Å². The molecule has 0 spiro atoms. The number of carbonyl (C=O) groups excluding carboxylic acids is 1. The molecule has 1 saturated heterocycles. The molecule has 3 heterocycles. The number of urea groups is 1. The first-order valence-corrected chi connectivity index (χ1v) is 8.96. The van der Waals surface area contributed by atoms with E-state index in [1.54, 1.807) is 6.26 Å². The molecule has 23 heavy (non-hydrogen) atoms. The lowest BCUT2D eigenvalue weighted by Gasteiger charge is -2.32. The summed E-state index contributed by atoms with van der Waals surface area (Å²) < 4.78 is 5.19. The van der Waals surface area contributed by atoms with Crippen molar-refractivity contribution >= 4 is 17.4 Å². The molecule has 0 bridgehead atoms. The van der Waals surface area contributed by atoms with E-state index in [2.05, 4.69) is 33.0 Å². The molecule has 1 unspecified atom stereocenters. The van der Waals surface area contributed by atoms with Gasteiger partial charge in [-0.05, 0) is 48.9 Å². The van der Waals surface area contributed by atoms with Gasteiger partial charge in [0.15, 0.2) is 0 Å². The Morgan fingerprint density at radius 2 is 2.30 bits per heavy atom. The number of nitrogens with one attached hydrogen (secondary N) is 2. The van der Waals surface area contributed by atoms with E-state index in [1.807, 2.05) is 23.5 Å². The first-order chi connectivity index (χ1) is 11.3. The minimum atomic E-state index is -0.128. The molecule has 1 fully saturated rings. The molecule has 2 aromatic heterocycles. The van der Waals surface area contributed by atoms with Gasteiger partial charge >= 0.3 is 6.03 Å². The normalized spacial score (nSPS) is 18.7. The molecular weight excluding hydrogens is 310 g/mol. The number of likely N-dealkylation sites (tertiary alicyclic amines) is 1. The molecule has 2 amide bonds. The van der Waals surface area contributed by atoms with Crippen molar-refractivity contribution in [3.63, 3.8) is 0 Å². The average Bonchev–Trinajstić information content (AvgIpc) is 3.25. The molecule has 3 rings (SSSR count). The van der Waals surface area contributed by atoms with Crippen LogP contribution in [0.5, 0.6) is 0 Å². The molecule has 2 N–H and O–H groups in total. The van der Waals surface area contributed by atoms with Crippen LogP contribution in [0.25, 0.3) is 0 Å². The van der Waals surface area contributed by atoms with Gasteiger partial charge in [-0.1, -0.05) is 6.07 Å². The molecule has 2 aromatic rings. The lowest BCUT2D eigenvalue weighted by molar-refractivity contribution is 0.166. The van der Waals surface area contributed by atoms with Crippen LogP contribution in [0.1, 0.15) is 23.5 Å². The third-order valence-electron chi connectivity index (χ3n) is 4.12. The monoisotopic (exact) mass is 333 g/mol. The molecule has 1 aliphatic heterocycles.